The number of anilines is 1. The number of carbonyl (C=O) groups excluding carboxylic acids is 2. The van der Waals surface area contributed by atoms with Crippen LogP contribution in [0.1, 0.15) is 49.0 Å². The molecule has 0 radical (unpaired) electrons. The van der Waals surface area contributed by atoms with Gasteiger partial charge in [0.05, 0.1) is 17.0 Å². The van der Waals surface area contributed by atoms with Gasteiger partial charge in [0.15, 0.2) is 0 Å². The molecule has 2 N–H and O–H groups in total. The first-order valence-corrected chi connectivity index (χ1v) is 13.1. The number of para-hydroxylation sites is 1. The van der Waals surface area contributed by atoms with Gasteiger partial charge in [0.1, 0.15) is 0 Å². The molecule has 2 aromatic rings. The minimum atomic E-state index is -3.50. The van der Waals surface area contributed by atoms with Crippen molar-refractivity contribution in [3.8, 4) is 0 Å². The Morgan fingerprint density at radius 3 is 2.48 bits per heavy atom. The maximum atomic E-state index is 12.9. The molecule has 0 unspecified atom stereocenters. The number of carbonyl (C=O) groups is 2. The number of hydrogen-bond acceptors (Lipinski definition) is 4. The third-order valence-corrected chi connectivity index (χ3v) is 7.96. The lowest BCUT2D eigenvalue weighted by Gasteiger charge is -2.30. The second-order valence-corrected chi connectivity index (χ2v) is 10.8. The molecule has 0 bridgehead atoms. The number of piperidine rings is 1. The van der Waals surface area contributed by atoms with E-state index in [0.717, 1.165) is 6.42 Å². The molecule has 0 aromatic heterocycles. The number of benzene rings is 2. The van der Waals surface area contributed by atoms with Crippen molar-refractivity contribution in [1.82, 2.24) is 9.62 Å². The van der Waals surface area contributed by atoms with E-state index in [0.29, 0.717) is 34.7 Å². The van der Waals surface area contributed by atoms with E-state index in [1.54, 1.807) is 48.5 Å². The quantitative estimate of drug-likeness (QED) is 0.582. The topological polar surface area (TPSA) is 95.6 Å². The van der Waals surface area contributed by atoms with Crippen molar-refractivity contribution < 1.29 is 18.0 Å². The number of rotatable bonds is 8. The van der Waals surface area contributed by atoms with Crippen molar-refractivity contribution in [3.63, 3.8) is 0 Å². The molecule has 9 heteroatoms. The van der Waals surface area contributed by atoms with Gasteiger partial charge < -0.3 is 10.6 Å². The molecule has 1 heterocycles. The lowest BCUT2D eigenvalue weighted by molar-refractivity contribution is -0.120. The van der Waals surface area contributed by atoms with Gasteiger partial charge in [-0.2, -0.15) is 0 Å². The molecule has 1 fully saturated rings. The van der Waals surface area contributed by atoms with Crippen LogP contribution in [0.15, 0.2) is 48.5 Å². The van der Waals surface area contributed by atoms with Crippen molar-refractivity contribution in [1.29, 1.82) is 0 Å². The molecular weight excluding hydrogens is 462 g/mol. The Balaban J connectivity index is 1.59. The van der Waals surface area contributed by atoms with E-state index in [2.05, 4.69) is 10.6 Å². The van der Waals surface area contributed by atoms with Gasteiger partial charge in [-0.1, -0.05) is 42.8 Å². The zero-order chi connectivity index (χ0) is 24.0. The summed E-state index contributed by atoms with van der Waals surface area (Å²) in [5.41, 5.74) is 1.50. The first-order chi connectivity index (χ1) is 15.7. The summed E-state index contributed by atoms with van der Waals surface area (Å²) in [4.78, 5) is 25.5. The molecule has 1 aliphatic rings. The predicted octanol–water partition coefficient (Wildman–Crippen LogP) is 4.05. The lowest BCUT2D eigenvalue weighted by atomic mass is 9.97. The third-order valence-electron chi connectivity index (χ3n) is 5.88. The Morgan fingerprint density at radius 2 is 1.82 bits per heavy atom. The van der Waals surface area contributed by atoms with Crippen molar-refractivity contribution in [2.45, 2.75) is 44.9 Å². The summed E-state index contributed by atoms with van der Waals surface area (Å²) in [5.74, 6) is -0.885. The van der Waals surface area contributed by atoms with Gasteiger partial charge in [-0.3, -0.25) is 9.59 Å². The van der Waals surface area contributed by atoms with Gasteiger partial charge in [0.2, 0.25) is 15.9 Å². The Bertz CT molecular complexity index is 1100. The Hall–Kier alpha value is -2.42. The molecule has 1 atom stereocenters. The van der Waals surface area contributed by atoms with Crippen LogP contribution in [0.3, 0.4) is 0 Å². The highest BCUT2D eigenvalue weighted by Gasteiger charge is 2.31. The largest absolute Gasteiger partial charge is 0.350 e. The number of nitrogens with zero attached hydrogens (tertiary/aromatic N) is 1. The minimum Gasteiger partial charge on any atom is -0.350 e. The highest BCUT2D eigenvalue weighted by Crippen LogP contribution is 2.25. The van der Waals surface area contributed by atoms with Crippen LogP contribution in [0.25, 0.3) is 0 Å². The normalized spacial score (nSPS) is 16.2. The van der Waals surface area contributed by atoms with E-state index < -0.39 is 10.0 Å². The van der Waals surface area contributed by atoms with E-state index in [4.69, 9.17) is 11.6 Å². The average molecular weight is 492 g/mol. The fourth-order valence-corrected chi connectivity index (χ4v) is 5.52. The van der Waals surface area contributed by atoms with E-state index in [1.165, 1.54) is 4.31 Å². The van der Waals surface area contributed by atoms with Crippen LogP contribution in [0.2, 0.25) is 5.02 Å². The van der Waals surface area contributed by atoms with Gasteiger partial charge >= 0.3 is 0 Å². The van der Waals surface area contributed by atoms with Gasteiger partial charge in [0, 0.05) is 30.1 Å². The van der Waals surface area contributed by atoms with Crippen molar-refractivity contribution in [2.24, 2.45) is 5.92 Å². The van der Waals surface area contributed by atoms with Gasteiger partial charge in [-0.05, 0) is 56.0 Å². The number of sulfonamides is 1. The van der Waals surface area contributed by atoms with E-state index in [1.807, 2.05) is 13.8 Å². The Labute approximate surface area is 200 Å². The molecule has 2 amide bonds. The standard InChI is InChI=1S/C24H30ClN3O4S/c1-3-17(2)26-24(30)21-9-4-5-10-22(21)27-23(29)19-11-13-28(14-12-19)33(31,32)16-18-7-6-8-20(25)15-18/h4-10,15,17,19H,3,11-14,16H2,1-2H3,(H,26,30)(H,27,29)/t17-/m1/s1. The van der Waals surface area contributed by atoms with Crippen molar-refractivity contribution in [2.75, 3.05) is 18.4 Å². The number of hydrogen-bond donors (Lipinski definition) is 2. The van der Waals surface area contributed by atoms with Crippen LogP contribution >= 0.6 is 11.6 Å². The van der Waals surface area contributed by atoms with Crippen molar-refractivity contribution >= 4 is 39.1 Å². The number of halogens is 1. The van der Waals surface area contributed by atoms with Crippen LogP contribution in [0, 0.1) is 5.92 Å². The molecule has 3 rings (SSSR count). The zero-order valence-electron chi connectivity index (χ0n) is 18.9. The van der Waals surface area contributed by atoms with Gasteiger partial charge in [-0.15, -0.1) is 0 Å². The smallest absolute Gasteiger partial charge is 0.253 e. The molecule has 0 aliphatic carbocycles. The lowest BCUT2D eigenvalue weighted by Crippen LogP contribution is -2.42. The minimum absolute atomic E-state index is 0.0273. The predicted molar refractivity (Wildman–Crippen MR) is 131 cm³/mol. The third kappa shape index (κ3) is 6.79. The first-order valence-electron chi connectivity index (χ1n) is 11.1. The monoisotopic (exact) mass is 491 g/mol. The highest BCUT2D eigenvalue weighted by atomic mass is 35.5. The van der Waals surface area contributed by atoms with Gasteiger partial charge in [-0.25, -0.2) is 12.7 Å². The maximum Gasteiger partial charge on any atom is 0.253 e. The van der Waals surface area contributed by atoms with Gasteiger partial charge in [0.25, 0.3) is 5.91 Å². The second kappa shape index (κ2) is 11.1. The van der Waals surface area contributed by atoms with Crippen molar-refractivity contribution in [3.05, 3.63) is 64.7 Å². The summed E-state index contributed by atoms with van der Waals surface area (Å²) in [6, 6.07) is 13.7. The van der Waals surface area contributed by atoms with Crippen LogP contribution in [0.4, 0.5) is 5.69 Å². The van der Waals surface area contributed by atoms with E-state index in [9.17, 15) is 18.0 Å². The van der Waals surface area contributed by atoms with Crippen LogP contribution in [-0.4, -0.2) is 43.7 Å². The average Bonchev–Trinajstić information content (AvgIpc) is 2.79. The van der Waals surface area contributed by atoms with E-state index in [-0.39, 0.29) is 42.6 Å². The van der Waals surface area contributed by atoms with Crippen LogP contribution < -0.4 is 10.6 Å². The SMILES string of the molecule is CC[C@@H](C)NC(=O)c1ccccc1NC(=O)C1CCN(S(=O)(=O)Cc2cccc(Cl)c2)CC1. The zero-order valence-corrected chi connectivity index (χ0v) is 20.5. The van der Waals surface area contributed by atoms with Crippen LogP contribution in [-0.2, 0) is 20.6 Å². The Morgan fingerprint density at radius 1 is 1.12 bits per heavy atom. The fraction of sp³-hybridized carbons (Fsp3) is 0.417. The van der Waals surface area contributed by atoms with Crippen LogP contribution in [0.5, 0.6) is 0 Å². The fourth-order valence-electron chi connectivity index (χ4n) is 3.75. The molecule has 7 nitrogen and oxygen atoms in total. The molecule has 0 saturated carbocycles. The number of nitrogens with one attached hydrogen (secondary N) is 2. The molecule has 33 heavy (non-hydrogen) atoms. The summed E-state index contributed by atoms with van der Waals surface area (Å²) < 4.78 is 27.0. The molecule has 1 saturated heterocycles. The summed E-state index contributed by atoms with van der Waals surface area (Å²) >= 11 is 5.96. The summed E-state index contributed by atoms with van der Waals surface area (Å²) in [6.45, 7) is 4.46. The summed E-state index contributed by atoms with van der Waals surface area (Å²) in [6.07, 6.45) is 1.64. The first kappa shape index (κ1) is 25.2. The molecule has 178 valence electrons. The number of amides is 2. The molecular formula is C24H30ClN3O4S. The second-order valence-electron chi connectivity index (χ2n) is 8.38. The summed E-state index contributed by atoms with van der Waals surface area (Å²) in [7, 11) is -3.50. The maximum absolute atomic E-state index is 12.9. The van der Waals surface area contributed by atoms with E-state index >= 15 is 0 Å². The molecule has 1 aliphatic heterocycles. The summed E-state index contributed by atoms with van der Waals surface area (Å²) in [5, 5.41) is 6.28. The Kier molecular flexibility index (Phi) is 8.51. The highest BCUT2D eigenvalue weighted by molar-refractivity contribution is 7.88. The molecule has 2 aromatic carbocycles. The molecule has 0 spiro atoms.